The Balaban J connectivity index is 1.90. The molecule has 2 aliphatic heterocycles. The molecular formula is C17H27N3O2. The predicted molar refractivity (Wildman–Crippen MR) is 84.9 cm³/mol. The van der Waals surface area contributed by atoms with Crippen molar-refractivity contribution in [2.45, 2.75) is 66.2 Å². The van der Waals surface area contributed by atoms with Gasteiger partial charge in [0.15, 0.2) is 5.69 Å². The lowest BCUT2D eigenvalue weighted by Crippen LogP contribution is -2.56. The molecule has 0 spiro atoms. The van der Waals surface area contributed by atoms with Crippen LogP contribution in [0.4, 0.5) is 0 Å². The number of carbonyl (C=O) groups is 1. The smallest absolute Gasteiger partial charge is 0.274 e. The maximum Gasteiger partial charge on any atom is 0.274 e. The summed E-state index contributed by atoms with van der Waals surface area (Å²) >= 11 is 0. The molecule has 5 nitrogen and oxygen atoms in total. The van der Waals surface area contributed by atoms with Gasteiger partial charge in [0, 0.05) is 37.0 Å². The molecule has 5 heteroatoms. The van der Waals surface area contributed by atoms with Gasteiger partial charge >= 0.3 is 0 Å². The van der Waals surface area contributed by atoms with Gasteiger partial charge < -0.3 is 9.64 Å². The molecule has 0 N–H and O–H groups in total. The lowest BCUT2D eigenvalue weighted by Gasteiger charge is -2.47. The van der Waals surface area contributed by atoms with Crippen molar-refractivity contribution in [2.24, 2.45) is 5.41 Å². The van der Waals surface area contributed by atoms with E-state index in [1.807, 2.05) is 16.5 Å². The average molecular weight is 305 g/mol. The summed E-state index contributed by atoms with van der Waals surface area (Å²) in [6.45, 7) is 13.1. The van der Waals surface area contributed by atoms with Gasteiger partial charge in [-0.2, -0.15) is 5.10 Å². The molecule has 1 saturated heterocycles. The number of carbonyl (C=O) groups excluding carboxylic acids is 1. The van der Waals surface area contributed by atoms with Crippen LogP contribution in [0, 0.1) is 5.41 Å². The van der Waals surface area contributed by atoms with Crippen LogP contribution < -0.4 is 0 Å². The van der Waals surface area contributed by atoms with E-state index in [1.165, 1.54) is 0 Å². The van der Waals surface area contributed by atoms with Gasteiger partial charge in [0.05, 0.1) is 17.9 Å². The predicted octanol–water partition coefficient (Wildman–Crippen LogP) is 2.80. The number of nitrogens with zero attached hydrogens (tertiary/aromatic N) is 3. The van der Waals surface area contributed by atoms with E-state index in [9.17, 15) is 4.79 Å². The minimum atomic E-state index is 0.00467. The van der Waals surface area contributed by atoms with Crippen LogP contribution in [0.5, 0.6) is 0 Å². The molecule has 3 rings (SSSR count). The van der Waals surface area contributed by atoms with E-state index in [2.05, 4.69) is 32.8 Å². The maximum absolute atomic E-state index is 12.9. The number of hydrogen-bond acceptors (Lipinski definition) is 3. The zero-order valence-electron chi connectivity index (χ0n) is 14.3. The zero-order chi connectivity index (χ0) is 16.1. The Kier molecular flexibility index (Phi) is 3.79. The van der Waals surface area contributed by atoms with Crippen molar-refractivity contribution in [1.82, 2.24) is 14.7 Å². The summed E-state index contributed by atoms with van der Waals surface area (Å²) in [5.74, 6) is 0.0932. The van der Waals surface area contributed by atoms with E-state index >= 15 is 0 Å². The number of rotatable bonds is 3. The summed E-state index contributed by atoms with van der Waals surface area (Å²) in [5.41, 5.74) is 3.12. The quantitative estimate of drug-likeness (QED) is 0.862. The molecule has 122 valence electrons. The lowest BCUT2D eigenvalue weighted by atomic mass is 9.79. The molecule has 0 bridgehead atoms. The first kappa shape index (κ1) is 15.5. The third-order valence-electron chi connectivity index (χ3n) is 5.19. The maximum atomic E-state index is 12.9. The van der Waals surface area contributed by atoms with Gasteiger partial charge in [-0.15, -0.1) is 0 Å². The summed E-state index contributed by atoms with van der Waals surface area (Å²) in [5, 5.41) is 4.62. The number of hydrogen-bond donors (Lipinski definition) is 0. The Hall–Kier alpha value is -1.36. The highest BCUT2D eigenvalue weighted by molar-refractivity contribution is 5.94. The van der Waals surface area contributed by atoms with Crippen molar-refractivity contribution >= 4 is 5.91 Å². The first-order valence-corrected chi connectivity index (χ1v) is 8.43. The van der Waals surface area contributed by atoms with E-state index in [-0.39, 0.29) is 23.5 Å². The summed E-state index contributed by atoms with van der Waals surface area (Å²) < 4.78 is 7.86. The molecule has 1 fully saturated rings. The van der Waals surface area contributed by atoms with Crippen molar-refractivity contribution in [3.05, 3.63) is 17.0 Å². The fourth-order valence-electron chi connectivity index (χ4n) is 3.72. The molecular weight excluding hydrogens is 278 g/mol. The average Bonchev–Trinajstić information content (AvgIpc) is 2.82. The van der Waals surface area contributed by atoms with Gasteiger partial charge in [-0.3, -0.25) is 9.48 Å². The fourth-order valence-corrected chi connectivity index (χ4v) is 3.72. The van der Waals surface area contributed by atoms with Crippen LogP contribution in [0.25, 0.3) is 0 Å². The monoisotopic (exact) mass is 305 g/mol. The molecule has 0 aromatic carbocycles. The molecule has 0 radical (unpaired) electrons. The lowest BCUT2D eigenvalue weighted by molar-refractivity contribution is -0.00978. The van der Waals surface area contributed by atoms with Crippen LogP contribution in [0.1, 0.15) is 68.9 Å². The first-order valence-electron chi connectivity index (χ1n) is 8.43. The summed E-state index contributed by atoms with van der Waals surface area (Å²) in [6, 6.07) is 0. The van der Waals surface area contributed by atoms with Gasteiger partial charge in [-0.05, 0) is 27.2 Å². The molecule has 1 amide bonds. The van der Waals surface area contributed by atoms with E-state index < -0.39 is 0 Å². The number of aryl methyl sites for hydroxylation is 1. The third kappa shape index (κ3) is 2.35. The summed E-state index contributed by atoms with van der Waals surface area (Å²) in [4.78, 5) is 14.8. The number of fused-ring (bicyclic) bond motifs is 1. The van der Waals surface area contributed by atoms with Crippen molar-refractivity contribution in [3.8, 4) is 0 Å². The standard InChI is InChI=1S/C17H27N3O2/c1-6-17(5)9-19(10-17)16(21)14-13-8-11(3)22-12(4)15(13)20(7-2)18-14/h11-12H,6-10H2,1-5H3/t11-,12+/m1/s1. The van der Waals surface area contributed by atoms with Crippen LogP contribution >= 0.6 is 0 Å². The second kappa shape index (κ2) is 5.37. The Labute approximate surface area is 132 Å². The Morgan fingerprint density at radius 3 is 2.64 bits per heavy atom. The Morgan fingerprint density at radius 1 is 1.36 bits per heavy atom. The summed E-state index contributed by atoms with van der Waals surface area (Å²) in [6.07, 6.45) is 2.03. The largest absolute Gasteiger partial charge is 0.369 e. The highest BCUT2D eigenvalue weighted by Crippen LogP contribution is 2.36. The van der Waals surface area contributed by atoms with Crippen LogP contribution in [0.3, 0.4) is 0 Å². The van der Waals surface area contributed by atoms with Crippen LogP contribution in [0.15, 0.2) is 0 Å². The molecule has 0 unspecified atom stereocenters. The molecule has 3 heterocycles. The van der Waals surface area contributed by atoms with Crippen LogP contribution in [-0.4, -0.2) is 39.8 Å². The topological polar surface area (TPSA) is 47.4 Å². The molecule has 2 aliphatic rings. The first-order chi connectivity index (χ1) is 10.4. The number of amides is 1. The van der Waals surface area contributed by atoms with E-state index in [4.69, 9.17) is 4.74 Å². The molecule has 0 saturated carbocycles. The van der Waals surface area contributed by atoms with E-state index in [1.54, 1.807) is 0 Å². The zero-order valence-corrected chi connectivity index (χ0v) is 14.3. The SMILES string of the molecule is CCn1nc(C(=O)N2CC(C)(CC)C2)c2c1[C@H](C)O[C@H](C)C2. The van der Waals surface area contributed by atoms with Gasteiger partial charge in [0.2, 0.25) is 0 Å². The van der Waals surface area contributed by atoms with Crippen LogP contribution in [-0.2, 0) is 17.7 Å². The van der Waals surface area contributed by atoms with Crippen LogP contribution in [0.2, 0.25) is 0 Å². The fraction of sp³-hybridized carbons (Fsp3) is 0.765. The normalized spacial score (nSPS) is 26.5. The number of aromatic nitrogens is 2. The van der Waals surface area contributed by atoms with Crippen molar-refractivity contribution in [3.63, 3.8) is 0 Å². The number of likely N-dealkylation sites (tertiary alicyclic amines) is 1. The van der Waals surface area contributed by atoms with Crippen molar-refractivity contribution in [2.75, 3.05) is 13.1 Å². The van der Waals surface area contributed by atoms with Gasteiger partial charge in [0.25, 0.3) is 5.91 Å². The second-order valence-electron chi connectivity index (χ2n) is 7.15. The minimum absolute atomic E-state index is 0.00467. The molecule has 2 atom stereocenters. The molecule has 22 heavy (non-hydrogen) atoms. The molecule has 1 aromatic heterocycles. The third-order valence-corrected chi connectivity index (χ3v) is 5.19. The number of ether oxygens (including phenoxy) is 1. The Morgan fingerprint density at radius 2 is 2.05 bits per heavy atom. The van der Waals surface area contributed by atoms with Gasteiger partial charge in [-0.25, -0.2) is 0 Å². The molecule has 0 aliphatic carbocycles. The van der Waals surface area contributed by atoms with E-state index in [0.717, 1.165) is 43.7 Å². The second-order valence-corrected chi connectivity index (χ2v) is 7.15. The molecule has 1 aromatic rings. The summed E-state index contributed by atoms with van der Waals surface area (Å²) in [7, 11) is 0. The van der Waals surface area contributed by atoms with Gasteiger partial charge in [-0.1, -0.05) is 13.8 Å². The van der Waals surface area contributed by atoms with Crippen molar-refractivity contribution < 1.29 is 9.53 Å². The minimum Gasteiger partial charge on any atom is -0.369 e. The Bertz CT molecular complexity index is 587. The van der Waals surface area contributed by atoms with E-state index in [0.29, 0.717) is 5.69 Å². The highest BCUT2D eigenvalue weighted by atomic mass is 16.5. The van der Waals surface area contributed by atoms with Crippen molar-refractivity contribution in [1.29, 1.82) is 0 Å². The van der Waals surface area contributed by atoms with Gasteiger partial charge in [0.1, 0.15) is 0 Å². The highest BCUT2D eigenvalue weighted by Gasteiger charge is 2.42.